The van der Waals surface area contributed by atoms with Crippen molar-refractivity contribution in [2.24, 2.45) is 5.92 Å². The summed E-state index contributed by atoms with van der Waals surface area (Å²) in [5.41, 5.74) is 0. The van der Waals surface area contributed by atoms with Gasteiger partial charge in [0, 0.05) is 19.1 Å². The molecule has 0 spiro atoms. The fourth-order valence-corrected chi connectivity index (χ4v) is 2.88. The predicted octanol–water partition coefficient (Wildman–Crippen LogP) is 1.65. The van der Waals surface area contributed by atoms with Gasteiger partial charge in [-0.1, -0.05) is 0 Å². The molecular weight excluding hydrogens is 297 g/mol. The molecule has 2 N–H and O–H groups in total. The molecule has 0 aliphatic carbocycles. The lowest BCUT2D eigenvalue weighted by Gasteiger charge is -2.24. The summed E-state index contributed by atoms with van der Waals surface area (Å²) in [5, 5.41) is 8.54. The van der Waals surface area contributed by atoms with Crippen LogP contribution in [-0.2, 0) is 5.92 Å². The van der Waals surface area contributed by atoms with Crippen LogP contribution in [0, 0.1) is 5.92 Å². The highest BCUT2D eigenvalue weighted by Crippen LogP contribution is 2.42. The summed E-state index contributed by atoms with van der Waals surface area (Å²) >= 11 is 0. The standard InChI is InChI=1S/C11H14F5N5/c12-10(13,11(14,15)16)8-18-9(20-19-8)21-4-6-2-1-3-17-7(6)5-21/h6-7,17H,1-5H2,(H,18,19,20). The summed E-state index contributed by atoms with van der Waals surface area (Å²) in [6.45, 7) is 1.96. The van der Waals surface area contributed by atoms with Crippen LogP contribution >= 0.6 is 0 Å². The van der Waals surface area contributed by atoms with Crippen LogP contribution in [0.1, 0.15) is 18.7 Å². The zero-order chi connectivity index (χ0) is 15.3. The van der Waals surface area contributed by atoms with Gasteiger partial charge in [-0.2, -0.15) is 26.9 Å². The van der Waals surface area contributed by atoms with Gasteiger partial charge in [0.15, 0.2) is 0 Å². The molecule has 2 unspecified atom stereocenters. The fraction of sp³-hybridized carbons (Fsp3) is 0.818. The molecule has 0 radical (unpaired) electrons. The van der Waals surface area contributed by atoms with Gasteiger partial charge in [0.05, 0.1) is 0 Å². The summed E-state index contributed by atoms with van der Waals surface area (Å²) in [4.78, 5) is 4.99. The Bertz CT molecular complexity index is 499. The van der Waals surface area contributed by atoms with Crippen LogP contribution in [0.3, 0.4) is 0 Å². The molecule has 5 nitrogen and oxygen atoms in total. The molecule has 1 aromatic heterocycles. The third-order valence-electron chi connectivity index (χ3n) is 4.01. The van der Waals surface area contributed by atoms with E-state index in [1.165, 1.54) is 0 Å². The predicted molar refractivity (Wildman–Crippen MR) is 63.1 cm³/mol. The number of fused-ring (bicyclic) bond motifs is 1. The van der Waals surface area contributed by atoms with E-state index in [0.717, 1.165) is 19.4 Å². The molecular formula is C11H14F5N5. The number of hydrogen-bond acceptors (Lipinski definition) is 4. The topological polar surface area (TPSA) is 56.8 Å². The number of nitrogens with zero attached hydrogens (tertiary/aromatic N) is 3. The van der Waals surface area contributed by atoms with E-state index >= 15 is 0 Å². The maximum atomic E-state index is 13.2. The molecule has 2 saturated heterocycles. The number of H-pyrrole nitrogens is 1. The minimum Gasteiger partial charge on any atom is -0.338 e. The second-order valence-electron chi connectivity index (χ2n) is 5.42. The molecule has 1 aromatic rings. The lowest BCUT2D eigenvalue weighted by atomic mass is 9.94. The summed E-state index contributed by atoms with van der Waals surface area (Å²) in [7, 11) is 0. The molecule has 3 rings (SSSR count). The zero-order valence-electron chi connectivity index (χ0n) is 10.9. The molecule has 0 bridgehead atoms. The number of aromatic amines is 1. The highest BCUT2D eigenvalue weighted by atomic mass is 19.4. The van der Waals surface area contributed by atoms with E-state index in [-0.39, 0.29) is 12.0 Å². The Kier molecular flexibility index (Phi) is 3.30. The highest BCUT2D eigenvalue weighted by molar-refractivity contribution is 5.33. The quantitative estimate of drug-likeness (QED) is 0.816. The van der Waals surface area contributed by atoms with Crippen LogP contribution in [0.4, 0.5) is 27.9 Å². The van der Waals surface area contributed by atoms with E-state index < -0.39 is 17.9 Å². The zero-order valence-corrected chi connectivity index (χ0v) is 10.9. The van der Waals surface area contributed by atoms with Gasteiger partial charge < -0.3 is 10.2 Å². The molecule has 21 heavy (non-hydrogen) atoms. The molecule has 118 valence electrons. The van der Waals surface area contributed by atoms with Gasteiger partial charge in [-0.05, 0) is 25.3 Å². The summed E-state index contributed by atoms with van der Waals surface area (Å²) in [6, 6.07) is 0.212. The van der Waals surface area contributed by atoms with Crippen LogP contribution in [0.15, 0.2) is 0 Å². The lowest BCUT2D eigenvalue weighted by molar-refractivity contribution is -0.292. The van der Waals surface area contributed by atoms with Gasteiger partial charge in [-0.15, -0.1) is 5.10 Å². The van der Waals surface area contributed by atoms with E-state index in [0.29, 0.717) is 19.0 Å². The van der Waals surface area contributed by atoms with E-state index in [2.05, 4.69) is 15.4 Å². The summed E-state index contributed by atoms with van der Waals surface area (Å²) in [5.74, 6) is -6.25. The van der Waals surface area contributed by atoms with E-state index in [1.54, 1.807) is 10.00 Å². The Labute approximate surface area is 116 Å². The van der Waals surface area contributed by atoms with E-state index in [4.69, 9.17) is 0 Å². The van der Waals surface area contributed by atoms with Crippen molar-refractivity contribution in [1.29, 1.82) is 0 Å². The molecule has 2 aliphatic rings. The first-order chi connectivity index (χ1) is 9.79. The van der Waals surface area contributed by atoms with Gasteiger partial charge in [0.2, 0.25) is 11.8 Å². The van der Waals surface area contributed by atoms with Crippen LogP contribution in [0.5, 0.6) is 0 Å². The summed E-state index contributed by atoms with van der Waals surface area (Å²) in [6.07, 6.45) is -3.66. The first-order valence-electron chi connectivity index (χ1n) is 6.65. The van der Waals surface area contributed by atoms with Crippen LogP contribution in [0.2, 0.25) is 0 Å². The van der Waals surface area contributed by atoms with Crippen molar-refractivity contribution in [2.45, 2.75) is 31.0 Å². The number of alkyl halides is 5. The van der Waals surface area contributed by atoms with Gasteiger partial charge in [-0.3, -0.25) is 5.10 Å². The minimum absolute atomic E-state index is 0.106. The van der Waals surface area contributed by atoms with Gasteiger partial charge in [0.25, 0.3) is 0 Å². The van der Waals surface area contributed by atoms with Crippen LogP contribution in [0.25, 0.3) is 0 Å². The number of halogens is 5. The highest BCUT2D eigenvalue weighted by Gasteiger charge is 2.61. The molecule has 0 amide bonds. The Morgan fingerprint density at radius 3 is 2.57 bits per heavy atom. The molecule has 2 aliphatic heterocycles. The second-order valence-corrected chi connectivity index (χ2v) is 5.42. The number of hydrogen-bond donors (Lipinski definition) is 2. The first kappa shape index (κ1) is 14.5. The average molecular weight is 311 g/mol. The van der Waals surface area contributed by atoms with E-state index in [1.807, 2.05) is 0 Å². The van der Waals surface area contributed by atoms with Crippen LogP contribution < -0.4 is 10.2 Å². The van der Waals surface area contributed by atoms with Gasteiger partial charge >= 0.3 is 12.1 Å². The fourth-order valence-electron chi connectivity index (χ4n) is 2.88. The maximum Gasteiger partial charge on any atom is 0.461 e. The average Bonchev–Trinajstić information content (AvgIpc) is 3.04. The van der Waals surface area contributed by atoms with Crippen molar-refractivity contribution in [3.8, 4) is 0 Å². The smallest absolute Gasteiger partial charge is 0.338 e. The molecule has 2 fully saturated rings. The Morgan fingerprint density at radius 2 is 1.90 bits per heavy atom. The second kappa shape index (κ2) is 4.79. The number of nitrogens with one attached hydrogen (secondary N) is 2. The largest absolute Gasteiger partial charge is 0.461 e. The third-order valence-corrected chi connectivity index (χ3v) is 4.01. The molecule has 3 heterocycles. The maximum absolute atomic E-state index is 13.2. The number of rotatable bonds is 2. The number of aromatic nitrogens is 3. The number of anilines is 1. The van der Waals surface area contributed by atoms with Crippen molar-refractivity contribution in [1.82, 2.24) is 20.5 Å². The molecule has 10 heteroatoms. The van der Waals surface area contributed by atoms with Gasteiger partial charge in [0.1, 0.15) is 0 Å². The van der Waals surface area contributed by atoms with Gasteiger partial charge in [-0.25, -0.2) is 0 Å². The third kappa shape index (κ3) is 2.45. The van der Waals surface area contributed by atoms with Crippen molar-refractivity contribution < 1.29 is 22.0 Å². The summed E-state index contributed by atoms with van der Waals surface area (Å²) < 4.78 is 63.2. The normalized spacial score (nSPS) is 27.0. The Hall–Kier alpha value is -1.45. The molecule has 0 saturated carbocycles. The Balaban J connectivity index is 1.77. The van der Waals surface area contributed by atoms with Crippen molar-refractivity contribution in [3.63, 3.8) is 0 Å². The minimum atomic E-state index is -5.69. The first-order valence-corrected chi connectivity index (χ1v) is 6.65. The van der Waals surface area contributed by atoms with Crippen LogP contribution in [-0.4, -0.2) is 47.0 Å². The van der Waals surface area contributed by atoms with Crippen molar-refractivity contribution in [2.75, 3.05) is 24.5 Å². The van der Waals surface area contributed by atoms with E-state index in [9.17, 15) is 22.0 Å². The SMILES string of the molecule is FC(F)(F)C(F)(F)c1nc(N2CC3CCCNC3C2)n[nH]1. The Morgan fingerprint density at radius 1 is 1.14 bits per heavy atom. The monoisotopic (exact) mass is 311 g/mol. The van der Waals surface area contributed by atoms with Crippen molar-refractivity contribution >= 4 is 5.95 Å². The number of piperidine rings is 1. The lowest BCUT2D eigenvalue weighted by Crippen LogP contribution is -2.40. The molecule has 2 atom stereocenters. The van der Waals surface area contributed by atoms with Crippen molar-refractivity contribution in [3.05, 3.63) is 5.82 Å². The molecule has 0 aromatic carbocycles.